The molecule has 2 aromatic heterocycles. The van der Waals surface area contributed by atoms with Crippen LogP contribution in [-0.4, -0.2) is 23.8 Å². The molecule has 3 N–H and O–H groups in total. The molecule has 0 unspecified atom stereocenters. The Morgan fingerprint density at radius 3 is 2.00 bits per heavy atom. The summed E-state index contributed by atoms with van der Waals surface area (Å²) in [5.74, 6) is -1.22. The van der Waals surface area contributed by atoms with E-state index in [4.69, 9.17) is 0 Å². The third-order valence-corrected chi connectivity index (χ3v) is 5.43. The lowest BCUT2D eigenvalue weighted by Crippen LogP contribution is -2.53. The topological polar surface area (TPSA) is 87.3 Å². The molecule has 3 amide bonds. The van der Waals surface area contributed by atoms with E-state index in [-0.39, 0.29) is 5.91 Å². The molecular formula is C19H17N3O3S2. The molecule has 0 aliphatic carbocycles. The molecule has 1 atom stereocenters. The highest BCUT2D eigenvalue weighted by Gasteiger charge is 2.23. The molecule has 0 fully saturated rings. The van der Waals surface area contributed by atoms with Crippen LogP contribution in [0.15, 0.2) is 65.4 Å². The fourth-order valence-corrected chi connectivity index (χ4v) is 3.62. The lowest BCUT2D eigenvalue weighted by molar-refractivity contribution is -0.123. The summed E-state index contributed by atoms with van der Waals surface area (Å²) >= 11 is 2.57. The van der Waals surface area contributed by atoms with Gasteiger partial charge in [0, 0.05) is 6.42 Å². The molecule has 8 heteroatoms. The normalized spacial score (nSPS) is 11.4. The number of thiophene rings is 2. The maximum atomic E-state index is 12.6. The van der Waals surface area contributed by atoms with Gasteiger partial charge in [0.05, 0.1) is 9.75 Å². The molecule has 2 heterocycles. The summed E-state index contributed by atoms with van der Waals surface area (Å²) < 4.78 is 0. The van der Waals surface area contributed by atoms with E-state index < -0.39 is 17.9 Å². The Hall–Kier alpha value is -2.97. The summed E-state index contributed by atoms with van der Waals surface area (Å²) in [5.41, 5.74) is 5.68. The van der Waals surface area contributed by atoms with Crippen LogP contribution >= 0.6 is 22.7 Å². The first-order valence-electron chi connectivity index (χ1n) is 8.15. The minimum atomic E-state index is -0.828. The number of carbonyl (C=O) groups is 3. The predicted molar refractivity (Wildman–Crippen MR) is 106 cm³/mol. The molecule has 0 aliphatic rings. The fraction of sp³-hybridized carbons (Fsp3) is 0.105. The maximum absolute atomic E-state index is 12.6. The average molecular weight is 399 g/mol. The van der Waals surface area contributed by atoms with Crippen molar-refractivity contribution in [2.75, 3.05) is 0 Å². The van der Waals surface area contributed by atoms with Crippen LogP contribution in [0.1, 0.15) is 24.9 Å². The van der Waals surface area contributed by atoms with Gasteiger partial charge in [0.2, 0.25) is 0 Å². The van der Waals surface area contributed by atoms with E-state index in [1.165, 1.54) is 22.7 Å². The van der Waals surface area contributed by atoms with E-state index >= 15 is 0 Å². The highest BCUT2D eigenvalue weighted by atomic mass is 32.1. The monoisotopic (exact) mass is 399 g/mol. The number of carbonyl (C=O) groups excluding carboxylic acids is 3. The molecule has 0 saturated heterocycles. The van der Waals surface area contributed by atoms with E-state index in [1.54, 1.807) is 35.0 Å². The molecule has 0 spiro atoms. The molecule has 0 radical (unpaired) electrons. The first-order valence-corrected chi connectivity index (χ1v) is 9.91. The van der Waals surface area contributed by atoms with Crippen molar-refractivity contribution in [2.24, 2.45) is 0 Å². The van der Waals surface area contributed by atoms with Gasteiger partial charge in [-0.05, 0) is 28.5 Å². The second-order valence-electron chi connectivity index (χ2n) is 5.61. The third kappa shape index (κ3) is 5.25. The molecule has 138 valence electrons. The fourth-order valence-electron chi connectivity index (χ4n) is 2.37. The van der Waals surface area contributed by atoms with Crippen molar-refractivity contribution >= 4 is 40.4 Å². The molecule has 0 aliphatic heterocycles. The summed E-state index contributed by atoms with van der Waals surface area (Å²) in [4.78, 5) is 38.0. The van der Waals surface area contributed by atoms with Crippen molar-refractivity contribution in [3.8, 4) is 0 Å². The van der Waals surface area contributed by atoms with Gasteiger partial charge in [-0.3, -0.25) is 25.2 Å². The Morgan fingerprint density at radius 2 is 1.41 bits per heavy atom. The SMILES string of the molecule is O=C(NNC(=O)[C@@H](Cc1ccccc1)NC(=O)c1cccs1)c1cccs1. The minimum absolute atomic E-state index is 0.304. The quantitative estimate of drug-likeness (QED) is 0.557. The van der Waals surface area contributed by atoms with Gasteiger partial charge in [-0.2, -0.15) is 0 Å². The van der Waals surface area contributed by atoms with Crippen molar-refractivity contribution in [2.45, 2.75) is 12.5 Å². The van der Waals surface area contributed by atoms with E-state index in [9.17, 15) is 14.4 Å². The van der Waals surface area contributed by atoms with Gasteiger partial charge in [0.25, 0.3) is 17.7 Å². The largest absolute Gasteiger partial charge is 0.339 e. The molecule has 3 aromatic rings. The summed E-state index contributed by atoms with van der Waals surface area (Å²) in [5, 5.41) is 6.31. The van der Waals surface area contributed by atoms with Crippen LogP contribution in [0.25, 0.3) is 0 Å². The van der Waals surface area contributed by atoms with Crippen LogP contribution in [0, 0.1) is 0 Å². The van der Waals surface area contributed by atoms with Crippen molar-refractivity contribution in [3.63, 3.8) is 0 Å². The zero-order chi connectivity index (χ0) is 19.1. The number of hydrazine groups is 1. The Morgan fingerprint density at radius 1 is 0.778 bits per heavy atom. The third-order valence-electron chi connectivity index (χ3n) is 3.69. The molecule has 1 aromatic carbocycles. The van der Waals surface area contributed by atoms with E-state index in [1.807, 2.05) is 30.3 Å². The first-order chi connectivity index (χ1) is 13.1. The lowest BCUT2D eigenvalue weighted by Gasteiger charge is -2.18. The smallest absolute Gasteiger partial charge is 0.279 e. The molecule has 6 nitrogen and oxygen atoms in total. The average Bonchev–Trinajstić information content (AvgIpc) is 3.40. The van der Waals surface area contributed by atoms with Gasteiger partial charge in [0.1, 0.15) is 6.04 Å². The van der Waals surface area contributed by atoms with Gasteiger partial charge in [-0.15, -0.1) is 22.7 Å². The summed E-state index contributed by atoms with van der Waals surface area (Å²) in [6, 6.07) is 15.4. The summed E-state index contributed by atoms with van der Waals surface area (Å²) in [6.45, 7) is 0. The first kappa shape index (κ1) is 18.8. The Labute approximate surface area is 164 Å². The summed E-state index contributed by atoms with van der Waals surface area (Å²) in [6.07, 6.45) is 0.304. The standard InChI is InChI=1S/C19H17N3O3S2/c23-17(21-22-19(25)16-9-5-11-27-16)14(12-13-6-2-1-3-7-13)20-18(24)15-8-4-10-26-15/h1-11,14H,12H2,(H,20,24)(H,21,23)(H,22,25)/t14-/m1/s1. The van der Waals surface area contributed by atoms with Gasteiger partial charge in [-0.25, -0.2) is 0 Å². The molecular weight excluding hydrogens is 382 g/mol. The van der Waals surface area contributed by atoms with Gasteiger partial charge in [0.15, 0.2) is 0 Å². The highest BCUT2D eigenvalue weighted by molar-refractivity contribution is 7.12. The number of amides is 3. The Kier molecular flexibility index (Phi) is 6.35. The molecule has 0 saturated carbocycles. The second kappa shape index (κ2) is 9.11. The molecule has 27 heavy (non-hydrogen) atoms. The number of hydrogen-bond acceptors (Lipinski definition) is 5. The zero-order valence-electron chi connectivity index (χ0n) is 14.2. The number of nitrogens with one attached hydrogen (secondary N) is 3. The maximum Gasteiger partial charge on any atom is 0.279 e. The molecule has 3 rings (SSSR count). The van der Waals surface area contributed by atoms with Crippen molar-refractivity contribution < 1.29 is 14.4 Å². The minimum Gasteiger partial charge on any atom is -0.339 e. The van der Waals surface area contributed by atoms with Crippen LogP contribution < -0.4 is 16.2 Å². The van der Waals surface area contributed by atoms with E-state index in [0.29, 0.717) is 16.2 Å². The number of rotatable bonds is 6. The predicted octanol–water partition coefficient (Wildman–Crippen LogP) is 2.61. The number of benzene rings is 1. The van der Waals surface area contributed by atoms with E-state index in [2.05, 4.69) is 16.2 Å². The zero-order valence-corrected chi connectivity index (χ0v) is 15.8. The van der Waals surface area contributed by atoms with Crippen LogP contribution in [0.2, 0.25) is 0 Å². The highest BCUT2D eigenvalue weighted by Crippen LogP contribution is 2.10. The van der Waals surface area contributed by atoms with Crippen molar-refractivity contribution in [3.05, 3.63) is 80.7 Å². The van der Waals surface area contributed by atoms with Crippen LogP contribution in [0.4, 0.5) is 0 Å². The van der Waals surface area contributed by atoms with Crippen molar-refractivity contribution in [1.29, 1.82) is 0 Å². The van der Waals surface area contributed by atoms with Gasteiger partial charge < -0.3 is 5.32 Å². The van der Waals surface area contributed by atoms with Gasteiger partial charge >= 0.3 is 0 Å². The Bertz CT molecular complexity index is 894. The van der Waals surface area contributed by atoms with Crippen LogP contribution in [-0.2, 0) is 11.2 Å². The van der Waals surface area contributed by atoms with Gasteiger partial charge in [-0.1, -0.05) is 42.5 Å². The van der Waals surface area contributed by atoms with Crippen LogP contribution in [0.3, 0.4) is 0 Å². The van der Waals surface area contributed by atoms with Crippen molar-refractivity contribution in [1.82, 2.24) is 16.2 Å². The van der Waals surface area contributed by atoms with Crippen LogP contribution in [0.5, 0.6) is 0 Å². The number of hydrogen-bond donors (Lipinski definition) is 3. The lowest BCUT2D eigenvalue weighted by atomic mass is 10.1. The molecule has 0 bridgehead atoms. The summed E-state index contributed by atoms with van der Waals surface area (Å²) in [7, 11) is 0. The second-order valence-corrected chi connectivity index (χ2v) is 7.51. The van der Waals surface area contributed by atoms with E-state index in [0.717, 1.165) is 5.56 Å². The Balaban J connectivity index is 1.67.